The molecule has 0 aromatic heterocycles. The molecule has 0 aliphatic rings. The number of benzene rings is 2. The van der Waals surface area contributed by atoms with Gasteiger partial charge in [0.1, 0.15) is 0 Å². The molecule has 0 amide bonds. The van der Waals surface area contributed by atoms with Gasteiger partial charge in [-0.05, 0) is 68.5 Å². The topological polar surface area (TPSA) is 46.5 Å². The number of hydrogen-bond donors (Lipinski definition) is 1. The quantitative estimate of drug-likeness (QED) is 0.694. The Hall–Kier alpha value is -2.60. The van der Waals surface area contributed by atoms with E-state index in [1.54, 1.807) is 38.1 Å². The minimum atomic E-state index is -5.25. The number of carbonyl (C=O) groups excluding carboxylic acids is 1. The Morgan fingerprint density at radius 1 is 1.00 bits per heavy atom. The van der Waals surface area contributed by atoms with Crippen LogP contribution in [0.25, 0.3) is 5.57 Å². The molecule has 0 bridgehead atoms. The third-order valence-corrected chi connectivity index (χ3v) is 4.68. The number of aliphatic hydroxyl groups is 1. The average Bonchev–Trinajstić information content (AvgIpc) is 2.59. The van der Waals surface area contributed by atoms with Gasteiger partial charge in [0.05, 0.1) is 6.61 Å². The van der Waals surface area contributed by atoms with Gasteiger partial charge in [-0.2, -0.15) is 13.2 Å². The lowest BCUT2D eigenvalue weighted by atomic mass is 9.86. The standard InChI is InChI=1S/C23H25F3O3/c1-6-29-21(27)22(28,23(24,25)26)13-19(18-9-7-14(2)8-10-18)20-16(4)11-15(3)12-17(20)5/h7-13,28H,6H2,1-5H3/b19-13+/t22-/m1/s1. The molecule has 2 aromatic rings. The number of rotatable bonds is 5. The largest absolute Gasteiger partial charge is 0.463 e. The summed E-state index contributed by atoms with van der Waals surface area (Å²) in [6.07, 6.45) is -4.68. The van der Waals surface area contributed by atoms with Crippen LogP contribution in [0.1, 0.15) is 40.3 Å². The van der Waals surface area contributed by atoms with Crippen LogP contribution in [0, 0.1) is 27.7 Å². The highest BCUT2D eigenvalue weighted by Gasteiger charge is 2.59. The lowest BCUT2D eigenvalue weighted by Crippen LogP contribution is -2.51. The minimum absolute atomic E-state index is 0.118. The van der Waals surface area contributed by atoms with Crippen LogP contribution in [0.2, 0.25) is 0 Å². The first-order chi connectivity index (χ1) is 13.4. The van der Waals surface area contributed by atoms with Crippen molar-refractivity contribution < 1.29 is 27.8 Å². The normalized spacial score (nSPS) is 14.4. The van der Waals surface area contributed by atoms with Crippen LogP contribution < -0.4 is 0 Å². The third-order valence-electron chi connectivity index (χ3n) is 4.68. The molecule has 1 atom stereocenters. The molecular weight excluding hydrogens is 381 g/mol. The molecule has 0 aliphatic heterocycles. The van der Waals surface area contributed by atoms with Gasteiger partial charge in [0.25, 0.3) is 5.60 Å². The lowest BCUT2D eigenvalue weighted by Gasteiger charge is -2.27. The first-order valence-electron chi connectivity index (χ1n) is 9.25. The van der Waals surface area contributed by atoms with Crippen LogP contribution in [0.15, 0.2) is 42.5 Å². The number of carbonyl (C=O) groups is 1. The van der Waals surface area contributed by atoms with Crippen molar-refractivity contribution in [2.45, 2.75) is 46.4 Å². The van der Waals surface area contributed by atoms with Crippen molar-refractivity contribution >= 4 is 11.5 Å². The second-order valence-electron chi connectivity index (χ2n) is 7.18. The van der Waals surface area contributed by atoms with E-state index in [1.165, 1.54) is 6.92 Å². The summed E-state index contributed by atoms with van der Waals surface area (Å²) in [5, 5.41) is 10.5. The van der Waals surface area contributed by atoms with E-state index in [4.69, 9.17) is 0 Å². The zero-order valence-electron chi connectivity index (χ0n) is 17.1. The smallest absolute Gasteiger partial charge is 0.431 e. The van der Waals surface area contributed by atoms with E-state index >= 15 is 0 Å². The van der Waals surface area contributed by atoms with E-state index in [0.29, 0.717) is 17.2 Å². The van der Waals surface area contributed by atoms with E-state index in [0.717, 1.165) is 22.3 Å². The molecule has 0 saturated heterocycles. The SMILES string of the molecule is CCOC(=O)[C@](O)(/C=C(\c1ccc(C)cc1)c1c(C)cc(C)cc1C)C(F)(F)F. The zero-order valence-corrected chi connectivity index (χ0v) is 17.1. The van der Waals surface area contributed by atoms with Crippen molar-refractivity contribution in [3.05, 3.63) is 75.9 Å². The van der Waals surface area contributed by atoms with Gasteiger partial charge in [0.2, 0.25) is 0 Å². The Kier molecular flexibility index (Phi) is 6.58. The molecule has 2 aromatic carbocycles. The Balaban J connectivity index is 2.86. The van der Waals surface area contributed by atoms with Gasteiger partial charge in [-0.1, -0.05) is 47.5 Å². The fourth-order valence-corrected chi connectivity index (χ4v) is 3.34. The molecule has 0 fully saturated rings. The summed E-state index contributed by atoms with van der Waals surface area (Å²) in [5.41, 5.74) is 0.709. The van der Waals surface area contributed by atoms with Gasteiger partial charge in [0.15, 0.2) is 0 Å². The minimum Gasteiger partial charge on any atom is -0.463 e. The number of alkyl halides is 3. The highest BCUT2D eigenvalue weighted by molar-refractivity contribution is 5.91. The van der Waals surface area contributed by atoms with Crippen molar-refractivity contribution in [3.8, 4) is 0 Å². The van der Waals surface area contributed by atoms with Crippen LogP contribution in [0.5, 0.6) is 0 Å². The summed E-state index contributed by atoms with van der Waals surface area (Å²) in [4.78, 5) is 12.2. The van der Waals surface area contributed by atoms with Crippen molar-refractivity contribution in [2.24, 2.45) is 0 Å². The summed E-state index contributed by atoms with van der Waals surface area (Å²) in [6, 6.07) is 10.6. The molecule has 156 valence electrons. The maximum absolute atomic E-state index is 13.8. The van der Waals surface area contributed by atoms with Gasteiger partial charge in [-0.15, -0.1) is 0 Å². The second-order valence-corrected chi connectivity index (χ2v) is 7.18. The maximum atomic E-state index is 13.8. The van der Waals surface area contributed by atoms with Crippen LogP contribution in [0.4, 0.5) is 13.2 Å². The van der Waals surface area contributed by atoms with Gasteiger partial charge < -0.3 is 9.84 Å². The van der Waals surface area contributed by atoms with E-state index in [-0.39, 0.29) is 12.2 Å². The first-order valence-corrected chi connectivity index (χ1v) is 9.25. The van der Waals surface area contributed by atoms with Crippen LogP contribution in [-0.2, 0) is 9.53 Å². The van der Waals surface area contributed by atoms with Gasteiger partial charge in [-0.25, -0.2) is 4.79 Å². The Morgan fingerprint density at radius 2 is 1.52 bits per heavy atom. The highest BCUT2D eigenvalue weighted by Crippen LogP contribution is 2.38. The van der Waals surface area contributed by atoms with E-state index in [9.17, 15) is 23.1 Å². The molecule has 6 heteroatoms. The third kappa shape index (κ3) is 4.70. The lowest BCUT2D eigenvalue weighted by molar-refractivity contribution is -0.245. The van der Waals surface area contributed by atoms with Crippen molar-refractivity contribution in [1.82, 2.24) is 0 Å². The van der Waals surface area contributed by atoms with E-state index in [2.05, 4.69) is 4.74 Å². The van der Waals surface area contributed by atoms with E-state index < -0.39 is 17.7 Å². The number of hydrogen-bond acceptors (Lipinski definition) is 3. The fraction of sp³-hybridized carbons (Fsp3) is 0.348. The van der Waals surface area contributed by atoms with Crippen molar-refractivity contribution in [1.29, 1.82) is 0 Å². The molecule has 1 N–H and O–H groups in total. The Bertz CT molecular complexity index is 904. The predicted molar refractivity (Wildman–Crippen MR) is 107 cm³/mol. The zero-order chi connectivity index (χ0) is 22.0. The summed E-state index contributed by atoms with van der Waals surface area (Å²) in [5.74, 6) is -1.75. The van der Waals surface area contributed by atoms with E-state index in [1.807, 2.05) is 26.0 Å². The van der Waals surface area contributed by atoms with Crippen molar-refractivity contribution in [3.63, 3.8) is 0 Å². The number of ether oxygens (including phenoxy) is 1. The molecule has 0 aliphatic carbocycles. The van der Waals surface area contributed by atoms with Crippen LogP contribution in [0.3, 0.4) is 0 Å². The van der Waals surface area contributed by atoms with Gasteiger partial charge >= 0.3 is 12.1 Å². The molecule has 0 unspecified atom stereocenters. The molecule has 3 nitrogen and oxygen atoms in total. The Labute approximate surface area is 168 Å². The number of aryl methyl sites for hydroxylation is 4. The van der Waals surface area contributed by atoms with Gasteiger partial charge in [0, 0.05) is 0 Å². The Morgan fingerprint density at radius 3 is 1.97 bits per heavy atom. The first kappa shape index (κ1) is 22.7. The summed E-state index contributed by atoms with van der Waals surface area (Å²) < 4.78 is 46.0. The maximum Gasteiger partial charge on any atom is 0.431 e. The predicted octanol–water partition coefficient (Wildman–Crippen LogP) is 5.21. The van der Waals surface area contributed by atoms with Crippen LogP contribution in [-0.4, -0.2) is 29.5 Å². The molecule has 0 radical (unpaired) electrons. The summed E-state index contributed by atoms with van der Waals surface area (Å²) in [7, 11) is 0. The van der Waals surface area contributed by atoms with Gasteiger partial charge in [-0.3, -0.25) is 0 Å². The molecule has 29 heavy (non-hydrogen) atoms. The monoisotopic (exact) mass is 406 g/mol. The molecule has 0 saturated carbocycles. The highest BCUT2D eigenvalue weighted by atomic mass is 19.4. The molecule has 0 spiro atoms. The van der Waals surface area contributed by atoms with Crippen molar-refractivity contribution in [2.75, 3.05) is 6.61 Å². The number of esters is 1. The molecule has 2 rings (SSSR count). The number of halogens is 3. The molecular formula is C23H25F3O3. The van der Waals surface area contributed by atoms with Crippen LogP contribution >= 0.6 is 0 Å². The fourth-order valence-electron chi connectivity index (χ4n) is 3.34. The molecule has 0 heterocycles. The summed E-state index contributed by atoms with van der Waals surface area (Å²) in [6.45, 7) is 8.42. The second kappa shape index (κ2) is 8.41. The summed E-state index contributed by atoms with van der Waals surface area (Å²) >= 11 is 0. The average molecular weight is 406 g/mol.